The van der Waals surface area contributed by atoms with Gasteiger partial charge in [0.2, 0.25) is 0 Å². The van der Waals surface area contributed by atoms with Crippen LogP contribution in [0.4, 0.5) is 0 Å². The molecule has 1 aliphatic heterocycles. The second-order valence-electron chi connectivity index (χ2n) is 1.64. The minimum Gasteiger partial charge on any atom is -0.353 e. The van der Waals surface area contributed by atoms with Gasteiger partial charge in [0.05, 0.1) is 25.2 Å². The predicted molar refractivity (Wildman–Crippen MR) is 25.9 cm³/mol. The minimum atomic E-state index is 0.0278. The van der Waals surface area contributed by atoms with E-state index in [0.717, 1.165) is 0 Å². The van der Waals surface area contributed by atoms with E-state index in [1.807, 2.05) is 6.07 Å². The minimum absolute atomic E-state index is 0.0278. The lowest BCUT2D eigenvalue weighted by molar-refractivity contribution is 0.0481. The Hall–Kier alpha value is -0.590. The zero-order valence-corrected chi connectivity index (χ0v) is 4.46. The molecular weight excluding hydrogens is 106 g/mol. The van der Waals surface area contributed by atoms with Crippen molar-refractivity contribution in [2.75, 3.05) is 13.4 Å². The van der Waals surface area contributed by atoms with E-state index in [1.165, 1.54) is 0 Å². The smallest absolute Gasteiger partial charge is 0.147 e. The molecule has 0 aromatic carbocycles. The van der Waals surface area contributed by atoms with Crippen LogP contribution in [-0.4, -0.2) is 19.5 Å². The highest BCUT2D eigenvalue weighted by atomic mass is 16.7. The SMILES string of the molecule is N#CC[C@@H]1COCO1. The van der Waals surface area contributed by atoms with Crippen molar-refractivity contribution in [2.24, 2.45) is 0 Å². The molecular formula is C5H7NO2. The number of hydrogen-bond acceptors (Lipinski definition) is 3. The zero-order valence-electron chi connectivity index (χ0n) is 4.46. The van der Waals surface area contributed by atoms with Gasteiger partial charge in [-0.05, 0) is 0 Å². The van der Waals surface area contributed by atoms with Gasteiger partial charge in [-0.1, -0.05) is 0 Å². The highest BCUT2D eigenvalue weighted by Crippen LogP contribution is 2.04. The fourth-order valence-corrected chi connectivity index (χ4v) is 0.592. The number of nitriles is 1. The van der Waals surface area contributed by atoms with Crippen LogP contribution in [0.1, 0.15) is 6.42 Å². The van der Waals surface area contributed by atoms with Gasteiger partial charge in [-0.2, -0.15) is 5.26 Å². The maximum absolute atomic E-state index is 8.14. The van der Waals surface area contributed by atoms with Crippen LogP contribution in [0.2, 0.25) is 0 Å². The summed E-state index contributed by atoms with van der Waals surface area (Å²) in [6, 6.07) is 2.00. The van der Waals surface area contributed by atoms with Gasteiger partial charge in [0.25, 0.3) is 0 Å². The highest BCUT2D eigenvalue weighted by molar-refractivity contribution is 4.76. The monoisotopic (exact) mass is 113 g/mol. The lowest BCUT2D eigenvalue weighted by atomic mass is 10.3. The summed E-state index contributed by atoms with van der Waals surface area (Å²) >= 11 is 0. The molecule has 0 spiro atoms. The second kappa shape index (κ2) is 2.65. The molecule has 0 saturated carbocycles. The molecule has 1 saturated heterocycles. The zero-order chi connectivity index (χ0) is 5.82. The van der Waals surface area contributed by atoms with Crippen LogP contribution in [0.25, 0.3) is 0 Å². The third-order valence-corrected chi connectivity index (χ3v) is 1.01. The number of ether oxygens (including phenoxy) is 2. The van der Waals surface area contributed by atoms with Crippen molar-refractivity contribution >= 4 is 0 Å². The molecule has 3 heteroatoms. The van der Waals surface area contributed by atoms with Crippen molar-refractivity contribution < 1.29 is 9.47 Å². The Morgan fingerprint density at radius 1 is 1.75 bits per heavy atom. The van der Waals surface area contributed by atoms with Crippen LogP contribution in [0.3, 0.4) is 0 Å². The predicted octanol–water partition coefficient (Wildman–Crippen LogP) is 0.273. The summed E-state index contributed by atoms with van der Waals surface area (Å²) in [4.78, 5) is 0. The van der Waals surface area contributed by atoms with Crippen molar-refractivity contribution in [3.05, 3.63) is 0 Å². The molecule has 0 unspecified atom stereocenters. The van der Waals surface area contributed by atoms with Crippen molar-refractivity contribution in [2.45, 2.75) is 12.5 Å². The Morgan fingerprint density at radius 3 is 3.12 bits per heavy atom. The summed E-state index contributed by atoms with van der Waals surface area (Å²) in [6.07, 6.45) is 0.472. The van der Waals surface area contributed by atoms with Gasteiger partial charge in [0, 0.05) is 0 Å². The first-order valence-electron chi connectivity index (χ1n) is 2.50. The van der Waals surface area contributed by atoms with Crippen LogP contribution in [-0.2, 0) is 9.47 Å². The van der Waals surface area contributed by atoms with Gasteiger partial charge in [0.1, 0.15) is 6.79 Å². The van der Waals surface area contributed by atoms with E-state index in [1.54, 1.807) is 0 Å². The third-order valence-electron chi connectivity index (χ3n) is 1.01. The lowest BCUT2D eigenvalue weighted by Gasteiger charge is -1.96. The summed E-state index contributed by atoms with van der Waals surface area (Å²) in [5, 5.41) is 8.14. The quantitative estimate of drug-likeness (QED) is 0.490. The van der Waals surface area contributed by atoms with Gasteiger partial charge in [0.15, 0.2) is 0 Å². The van der Waals surface area contributed by atoms with Gasteiger partial charge < -0.3 is 9.47 Å². The van der Waals surface area contributed by atoms with E-state index in [0.29, 0.717) is 19.8 Å². The average Bonchev–Trinajstić information content (AvgIpc) is 2.19. The Bertz CT molecular complexity index is 101. The van der Waals surface area contributed by atoms with E-state index < -0.39 is 0 Å². The van der Waals surface area contributed by atoms with Crippen molar-refractivity contribution in [1.29, 1.82) is 5.26 Å². The van der Waals surface area contributed by atoms with Crippen molar-refractivity contribution in [3.8, 4) is 6.07 Å². The first-order chi connectivity index (χ1) is 3.93. The molecule has 1 atom stereocenters. The molecule has 1 rings (SSSR count). The second-order valence-corrected chi connectivity index (χ2v) is 1.64. The third kappa shape index (κ3) is 1.19. The van der Waals surface area contributed by atoms with Crippen molar-refractivity contribution in [1.82, 2.24) is 0 Å². The molecule has 0 amide bonds. The molecule has 8 heavy (non-hydrogen) atoms. The summed E-state index contributed by atoms with van der Waals surface area (Å²) < 4.78 is 9.78. The highest BCUT2D eigenvalue weighted by Gasteiger charge is 2.14. The molecule has 0 radical (unpaired) electrons. The Labute approximate surface area is 47.8 Å². The average molecular weight is 113 g/mol. The standard InChI is InChI=1S/C5H7NO2/c6-2-1-5-3-7-4-8-5/h5H,1,3-4H2/t5-/m1/s1. The number of nitrogens with zero attached hydrogens (tertiary/aromatic N) is 1. The van der Waals surface area contributed by atoms with Crippen LogP contribution >= 0.6 is 0 Å². The Kier molecular flexibility index (Phi) is 1.84. The largest absolute Gasteiger partial charge is 0.353 e. The van der Waals surface area contributed by atoms with E-state index in [9.17, 15) is 0 Å². The van der Waals surface area contributed by atoms with E-state index in [4.69, 9.17) is 14.7 Å². The van der Waals surface area contributed by atoms with E-state index >= 15 is 0 Å². The molecule has 1 aliphatic rings. The summed E-state index contributed by atoms with van der Waals surface area (Å²) in [5.41, 5.74) is 0. The molecule has 0 aromatic rings. The first-order valence-corrected chi connectivity index (χ1v) is 2.50. The van der Waals surface area contributed by atoms with E-state index in [2.05, 4.69) is 0 Å². The summed E-state index contributed by atoms with van der Waals surface area (Å²) in [7, 11) is 0. The first kappa shape index (κ1) is 5.54. The molecule has 3 nitrogen and oxygen atoms in total. The maximum Gasteiger partial charge on any atom is 0.147 e. The fraction of sp³-hybridized carbons (Fsp3) is 0.800. The van der Waals surface area contributed by atoms with Gasteiger partial charge >= 0.3 is 0 Å². The molecule has 0 bridgehead atoms. The molecule has 0 aliphatic carbocycles. The van der Waals surface area contributed by atoms with E-state index in [-0.39, 0.29) is 6.10 Å². The van der Waals surface area contributed by atoms with Crippen LogP contribution < -0.4 is 0 Å². The molecule has 1 heterocycles. The fourth-order valence-electron chi connectivity index (χ4n) is 0.592. The summed E-state index contributed by atoms with van der Waals surface area (Å²) in [6.45, 7) is 0.930. The van der Waals surface area contributed by atoms with Gasteiger partial charge in [-0.15, -0.1) is 0 Å². The van der Waals surface area contributed by atoms with Crippen LogP contribution in [0, 0.1) is 11.3 Å². The van der Waals surface area contributed by atoms with Crippen LogP contribution in [0.5, 0.6) is 0 Å². The van der Waals surface area contributed by atoms with Crippen molar-refractivity contribution in [3.63, 3.8) is 0 Å². The maximum atomic E-state index is 8.14. The van der Waals surface area contributed by atoms with Gasteiger partial charge in [-0.3, -0.25) is 0 Å². The molecule has 0 aromatic heterocycles. The molecule has 44 valence electrons. The Morgan fingerprint density at radius 2 is 2.62 bits per heavy atom. The number of hydrogen-bond donors (Lipinski definition) is 0. The molecule has 1 fully saturated rings. The lowest BCUT2D eigenvalue weighted by Crippen LogP contribution is -2.06. The summed E-state index contributed by atoms with van der Waals surface area (Å²) in [5.74, 6) is 0. The van der Waals surface area contributed by atoms with Crippen LogP contribution in [0.15, 0.2) is 0 Å². The topological polar surface area (TPSA) is 42.2 Å². The Balaban J connectivity index is 2.17. The molecule has 0 N–H and O–H groups in total. The number of rotatable bonds is 1. The normalized spacial score (nSPS) is 27.6. The van der Waals surface area contributed by atoms with Gasteiger partial charge in [-0.25, -0.2) is 0 Å².